The number of carboxylic acid groups (broad SMARTS) is 1. The predicted molar refractivity (Wildman–Crippen MR) is 142 cm³/mol. The fourth-order valence-electron chi connectivity index (χ4n) is 3.26. The Bertz CT molecular complexity index is 825. The van der Waals surface area contributed by atoms with Crippen molar-refractivity contribution in [3.8, 4) is 0 Å². The number of nitrogens with two attached hydrogens (primary N) is 1. The minimum Gasteiger partial charge on any atom is -0.480 e. The van der Waals surface area contributed by atoms with Gasteiger partial charge in [-0.1, -0.05) is 44.2 Å². The van der Waals surface area contributed by atoms with Gasteiger partial charge in [0, 0.05) is 6.42 Å². The molecule has 11 heteroatoms. The van der Waals surface area contributed by atoms with E-state index in [1.807, 2.05) is 18.6 Å². The summed E-state index contributed by atoms with van der Waals surface area (Å²) in [5.41, 5.74) is 6.71. The number of aliphatic carboxylic acids is 1. The Hall–Kier alpha value is -2.24. The first-order chi connectivity index (χ1) is 16.6. The quantitative estimate of drug-likeness (QED) is 0.216. The lowest BCUT2D eigenvalue weighted by Crippen LogP contribution is -2.58. The van der Waals surface area contributed by atoms with Crippen molar-refractivity contribution in [3.05, 3.63) is 35.9 Å². The Balaban J connectivity index is 2.91. The third-order valence-electron chi connectivity index (χ3n) is 5.36. The summed E-state index contributed by atoms with van der Waals surface area (Å²) in [6.45, 7) is 3.51. The van der Waals surface area contributed by atoms with Crippen molar-refractivity contribution in [1.82, 2.24) is 16.0 Å². The van der Waals surface area contributed by atoms with Gasteiger partial charge in [0.25, 0.3) is 0 Å². The molecule has 1 rings (SSSR count). The maximum absolute atomic E-state index is 13.1. The minimum atomic E-state index is -1.17. The monoisotopic (exact) mass is 526 g/mol. The number of carboxylic acids is 1. The van der Waals surface area contributed by atoms with Gasteiger partial charge in [0.1, 0.15) is 18.1 Å². The highest BCUT2D eigenvalue weighted by molar-refractivity contribution is 7.98. The van der Waals surface area contributed by atoms with E-state index in [2.05, 4.69) is 16.0 Å². The van der Waals surface area contributed by atoms with E-state index in [0.717, 1.165) is 11.3 Å². The Morgan fingerprint density at radius 1 is 0.857 bits per heavy atom. The molecule has 0 aliphatic heterocycles. The zero-order valence-electron chi connectivity index (χ0n) is 20.8. The van der Waals surface area contributed by atoms with Crippen LogP contribution < -0.4 is 21.7 Å². The lowest BCUT2D eigenvalue weighted by molar-refractivity contribution is -0.142. The van der Waals surface area contributed by atoms with Crippen molar-refractivity contribution in [2.75, 3.05) is 24.0 Å². The van der Waals surface area contributed by atoms with Crippen molar-refractivity contribution >= 4 is 47.2 Å². The molecule has 6 N–H and O–H groups in total. The van der Waals surface area contributed by atoms with E-state index in [-0.39, 0.29) is 12.3 Å². The lowest BCUT2D eigenvalue weighted by Gasteiger charge is -2.27. The molecule has 0 radical (unpaired) electrons. The molecule has 0 heterocycles. The van der Waals surface area contributed by atoms with E-state index in [9.17, 15) is 24.3 Å². The molecule has 0 aliphatic rings. The second-order valence-electron chi connectivity index (χ2n) is 8.55. The van der Waals surface area contributed by atoms with Crippen molar-refractivity contribution in [2.45, 2.75) is 57.3 Å². The molecule has 4 atom stereocenters. The highest BCUT2D eigenvalue weighted by atomic mass is 32.2. The molecule has 3 amide bonds. The SMILES string of the molecule is CSCCC(N)C(=O)NC(CCSC)C(=O)NC(C(=O)NC(Cc1ccccc1)C(=O)O)C(C)C. The molecular formula is C24H38N4O5S2. The molecule has 0 spiro atoms. The molecule has 196 valence electrons. The van der Waals surface area contributed by atoms with E-state index in [4.69, 9.17) is 5.73 Å². The zero-order valence-corrected chi connectivity index (χ0v) is 22.4. The summed E-state index contributed by atoms with van der Waals surface area (Å²) < 4.78 is 0. The van der Waals surface area contributed by atoms with Gasteiger partial charge in [-0.25, -0.2) is 4.79 Å². The van der Waals surface area contributed by atoms with Crippen molar-refractivity contribution in [1.29, 1.82) is 0 Å². The van der Waals surface area contributed by atoms with Crippen LogP contribution in [0.5, 0.6) is 0 Å². The minimum absolute atomic E-state index is 0.112. The number of hydrogen-bond donors (Lipinski definition) is 5. The van der Waals surface area contributed by atoms with Crippen LogP contribution in [0.15, 0.2) is 30.3 Å². The van der Waals surface area contributed by atoms with Gasteiger partial charge in [0.05, 0.1) is 6.04 Å². The largest absolute Gasteiger partial charge is 0.480 e. The lowest BCUT2D eigenvalue weighted by atomic mass is 10.0. The van der Waals surface area contributed by atoms with Crippen LogP contribution in [0.2, 0.25) is 0 Å². The van der Waals surface area contributed by atoms with Crippen LogP contribution in [0, 0.1) is 5.92 Å². The average molecular weight is 527 g/mol. The zero-order chi connectivity index (χ0) is 26.4. The molecule has 0 saturated heterocycles. The predicted octanol–water partition coefficient (Wildman–Crippen LogP) is 1.26. The molecule has 0 aliphatic carbocycles. The summed E-state index contributed by atoms with van der Waals surface area (Å²) in [4.78, 5) is 50.4. The second kappa shape index (κ2) is 16.4. The fourth-order valence-corrected chi connectivity index (χ4v) is 4.22. The first-order valence-electron chi connectivity index (χ1n) is 11.5. The first-order valence-corrected chi connectivity index (χ1v) is 14.3. The highest BCUT2D eigenvalue weighted by Crippen LogP contribution is 2.09. The third kappa shape index (κ3) is 11.4. The molecule has 0 saturated carbocycles. The number of thioether (sulfide) groups is 2. The molecule has 35 heavy (non-hydrogen) atoms. The van der Waals surface area contributed by atoms with Gasteiger partial charge in [-0.2, -0.15) is 23.5 Å². The van der Waals surface area contributed by atoms with Crippen molar-refractivity contribution < 1.29 is 24.3 Å². The molecule has 0 bridgehead atoms. The van der Waals surface area contributed by atoms with Crippen molar-refractivity contribution in [2.24, 2.45) is 11.7 Å². The van der Waals surface area contributed by atoms with Crippen LogP contribution in [0.1, 0.15) is 32.3 Å². The van der Waals surface area contributed by atoms with Gasteiger partial charge in [0.2, 0.25) is 17.7 Å². The van der Waals surface area contributed by atoms with Crippen LogP contribution in [-0.4, -0.2) is 77.0 Å². The van der Waals surface area contributed by atoms with Gasteiger partial charge in [0.15, 0.2) is 0 Å². The van der Waals surface area contributed by atoms with Crippen LogP contribution in [-0.2, 0) is 25.6 Å². The van der Waals surface area contributed by atoms with E-state index < -0.39 is 47.9 Å². The summed E-state index contributed by atoms with van der Waals surface area (Å²) in [7, 11) is 0. The van der Waals surface area contributed by atoms with Crippen LogP contribution in [0.25, 0.3) is 0 Å². The molecule has 4 unspecified atom stereocenters. The number of amides is 3. The number of carbonyl (C=O) groups excluding carboxylic acids is 3. The average Bonchev–Trinajstić information content (AvgIpc) is 2.82. The van der Waals surface area contributed by atoms with E-state index in [0.29, 0.717) is 18.6 Å². The Morgan fingerprint density at radius 3 is 1.97 bits per heavy atom. The Morgan fingerprint density at radius 2 is 1.43 bits per heavy atom. The molecule has 1 aromatic rings. The molecule has 0 fully saturated rings. The normalized spacial score (nSPS) is 14.5. The van der Waals surface area contributed by atoms with E-state index >= 15 is 0 Å². The number of hydrogen-bond acceptors (Lipinski definition) is 7. The third-order valence-corrected chi connectivity index (χ3v) is 6.65. The van der Waals surface area contributed by atoms with Gasteiger partial charge >= 0.3 is 5.97 Å². The van der Waals surface area contributed by atoms with Crippen LogP contribution in [0.3, 0.4) is 0 Å². The van der Waals surface area contributed by atoms with Gasteiger partial charge in [-0.15, -0.1) is 0 Å². The Kier molecular flexibility index (Phi) is 14.5. The van der Waals surface area contributed by atoms with Gasteiger partial charge in [-0.3, -0.25) is 14.4 Å². The smallest absolute Gasteiger partial charge is 0.326 e. The summed E-state index contributed by atoms with van der Waals surface area (Å²) in [5, 5.41) is 17.6. The van der Waals surface area contributed by atoms with E-state index in [1.165, 1.54) is 11.8 Å². The highest BCUT2D eigenvalue weighted by Gasteiger charge is 2.31. The maximum Gasteiger partial charge on any atom is 0.326 e. The maximum atomic E-state index is 13.1. The van der Waals surface area contributed by atoms with Crippen molar-refractivity contribution in [3.63, 3.8) is 0 Å². The van der Waals surface area contributed by atoms with Crippen LogP contribution in [0.4, 0.5) is 0 Å². The van der Waals surface area contributed by atoms with Gasteiger partial charge < -0.3 is 26.8 Å². The number of carbonyl (C=O) groups is 4. The summed E-state index contributed by atoms with van der Waals surface area (Å²) in [5.74, 6) is -1.66. The van der Waals surface area contributed by atoms with E-state index in [1.54, 1.807) is 49.9 Å². The summed E-state index contributed by atoms with van der Waals surface area (Å²) >= 11 is 3.11. The number of rotatable bonds is 16. The molecule has 0 aromatic heterocycles. The first kappa shape index (κ1) is 30.8. The number of nitrogens with one attached hydrogen (secondary N) is 3. The molecular weight excluding hydrogens is 488 g/mol. The topological polar surface area (TPSA) is 151 Å². The van der Waals surface area contributed by atoms with Crippen LogP contribution >= 0.6 is 23.5 Å². The summed E-state index contributed by atoms with van der Waals surface area (Å²) in [6, 6.07) is 5.27. The summed E-state index contributed by atoms with van der Waals surface area (Å²) in [6.07, 6.45) is 4.78. The standard InChI is InChI=1S/C24H38N4O5S2/c1-15(2)20(23(31)27-19(24(32)33)14-16-8-6-5-7-9-16)28-22(30)18(11-13-35-4)26-21(29)17(25)10-12-34-3/h5-9,15,17-20H,10-14,25H2,1-4H3,(H,26,29)(H,27,31)(H,28,30)(H,32,33). The molecule has 1 aromatic carbocycles. The number of benzene rings is 1. The fraction of sp³-hybridized carbons (Fsp3) is 0.583. The molecule has 9 nitrogen and oxygen atoms in total. The Labute approximate surface area is 216 Å². The van der Waals surface area contributed by atoms with Gasteiger partial charge in [-0.05, 0) is 48.3 Å². The second-order valence-corrected chi connectivity index (χ2v) is 10.5.